The number of carbonyl (C=O) groups is 1. The zero-order valence-electron chi connectivity index (χ0n) is 12.7. The van der Waals surface area contributed by atoms with E-state index in [1.165, 1.54) is 11.1 Å². The number of hydrogen-bond donors (Lipinski definition) is 3. The minimum absolute atomic E-state index is 0.247. The standard InChI is InChI=1S/C17H19ClN4O/c18-13-3-6-16(20-9-13)10-21-17(23)22-15-5-2-11-7-14(19)4-1-12(11)8-15/h2-3,5-6,8-9,14H,1,4,7,10,19H2,(H2,21,22,23). The second-order valence-corrected chi connectivity index (χ2v) is 6.20. The molecule has 1 atom stereocenters. The Balaban J connectivity index is 1.56. The van der Waals surface area contributed by atoms with Crippen LogP contribution in [0.1, 0.15) is 23.2 Å². The molecule has 0 bridgehead atoms. The number of hydrogen-bond acceptors (Lipinski definition) is 3. The predicted octanol–water partition coefficient (Wildman–Crippen LogP) is 2.87. The molecule has 2 amide bonds. The lowest BCUT2D eigenvalue weighted by atomic mass is 9.88. The first-order chi connectivity index (χ1) is 11.1. The van der Waals surface area contributed by atoms with E-state index in [0.29, 0.717) is 11.6 Å². The van der Waals surface area contributed by atoms with Crippen molar-refractivity contribution in [1.82, 2.24) is 10.3 Å². The summed E-state index contributed by atoms with van der Waals surface area (Å²) in [6.45, 7) is 0.350. The van der Waals surface area contributed by atoms with Crippen LogP contribution in [0.15, 0.2) is 36.5 Å². The third kappa shape index (κ3) is 4.21. The molecule has 1 heterocycles. The van der Waals surface area contributed by atoms with Crippen LogP contribution in [0.4, 0.5) is 10.5 Å². The number of amides is 2. The Labute approximate surface area is 140 Å². The van der Waals surface area contributed by atoms with Crippen LogP contribution in [0.2, 0.25) is 5.02 Å². The Morgan fingerprint density at radius 1 is 1.30 bits per heavy atom. The van der Waals surface area contributed by atoms with Gasteiger partial charge < -0.3 is 16.4 Å². The number of rotatable bonds is 3. The molecule has 3 rings (SSSR count). The first-order valence-electron chi connectivity index (χ1n) is 7.63. The summed E-state index contributed by atoms with van der Waals surface area (Å²) in [6.07, 6.45) is 4.42. The van der Waals surface area contributed by atoms with E-state index in [0.717, 1.165) is 30.6 Å². The molecule has 6 heteroatoms. The minimum Gasteiger partial charge on any atom is -0.332 e. The Bertz CT molecular complexity index is 702. The summed E-state index contributed by atoms with van der Waals surface area (Å²) in [5, 5.41) is 6.20. The number of anilines is 1. The molecule has 23 heavy (non-hydrogen) atoms. The van der Waals surface area contributed by atoms with Crippen molar-refractivity contribution in [2.75, 3.05) is 5.32 Å². The molecule has 0 aliphatic heterocycles. The quantitative estimate of drug-likeness (QED) is 0.809. The van der Waals surface area contributed by atoms with Gasteiger partial charge in [-0.2, -0.15) is 0 Å². The highest BCUT2D eigenvalue weighted by molar-refractivity contribution is 6.30. The fourth-order valence-electron chi connectivity index (χ4n) is 2.72. The maximum atomic E-state index is 12.0. The van der Waals surface area contributed by atoms with Crippen molar-refractivity contribution in [3.05, 3.63) is 58.4 Å². The maximum absolute atomic E-state index is 12.0. The molecule has 1 aliphatic rings. The zero-order chi connectivity index (χ0) is 16.2. The number of nitrogens with zero attached hydrogens (tertiary/aromatic N) is 1. The van der Waals surface area contributed by atoms with Crippen LogP contribution in [0.3, 0.4) is 0 Å². The third-order valence-electron chi connectivity index (χ3n) is 3.95. The monoisotopic (exact) mass is 330 g/mol. The highest BCUT2D eigenvalue weighted by Crippen LogP contribution is 2.23. The first-order valence-corrected chi connectivity index (χ1v) is 8.00. The topological polar surface area (TPSA) is 80.0 Å². The Hall–Kier alpha value is -2.11. The van der Waals surface area contributed by atoms with Crippen LogP contribution in [-0.4, -0.2) is 17.1 Å². The van der Waals surface area contributed by atoms with Crippen molar-refractivity contribution in [1.29, 1.82) is 0 Å². The van der Waals surface area contributed by atoms with Crippen molar-refractivity contribution in [2.45, 2.75) is 31.8 Å². The van der Waals surface area contributed by atoms with Gasteiger partial charge in [0.15, 0.2) is 0 Å². The average Bonchev–Trinajstić information content (AvgIpc) is 2.54. The molecule has 1 aliphatic carbocycles. The van der Waals surface area contributed by atoms with Crippen molar-refractivity contribution in [3.8, 4) is 0 Å². The Morgan fingerprint density at radius 2 is 2.17 bits per heavy atom. The largest absolute Gasteiger partial charge is 0.332 e. The SMILES string of the molecule is NC1CCc2cc(NC(=O)NCc3ccc(Cl)cn3)ccc2C1. The van der Waals surface area contributed by atoms with Gasteiger partial charge in [0.05, 0.1) is 17.3 Å². The Kier molecular flexibility index (Phi) is 4.79. The van der Waals surface area contributed by atoms with Crippen molar-refractivity contribution in [2.24, 2.45) is 5.73 Å². The summed E-state index contributed by atoms with van der Waals surface area (Å²) >= 11 is 5.78. The smallest absolute Gasteiger partial charge is 0.319 e. The van der Waals surface area contributed by atoms with E-state index < -0.39 is 0 Å². The zero-order valence-corrected chi connectivity index (χ0v) is 13.4. The van der Waals surface area contributed by atoms with E-state index in [2.05, 4.69) is 15.6 Å². The average molecular weight is 331 g/mol. The van der Waals surface area contributed by atoms with Crippen molar-refractivity contribution in [3.63, 3.8) is 0 Å². The summed E-state index contributed by atoms with van der Waals surface area (Å²) in [5.74, 6) is 0. The molecule has 0 saturated carbocycles. The third-order valence-corrected chi connectivity index (χ3v) is 4.17. The number of urea groups is 1. The second kappa shape index (κ2) is 6.98. The summed E-state index contributed by atoms with van der Waals surface area (Å²) in [7, 11) is 0. The summed E-state index contributed by atoms with van der Waals surface area (Å²) in [4.78, 5) is 16.1. The van der Waals surface area contributed by atoms with Gasteiger partial charge in [-0.3, -0.25) is 4.98 Å². The lowest BCUT2D eigenvalue weighted by Crippen LogP contribution is -2.29. The van der Waals surface area contributed by atoms with Crippen LogP contribution >= 0.6 is 11.6 Å². The van der Waals surface area contributed by atoms with Gasteiger partial charge in [0.25, 0.3) is 0 Å². The molecule has 1 unspecified atom stereocenters. The number of nitrogens with two attached hydrogens (primary N) is 1. The van der Waals surface area contributed by atoms with E-state index in [-0.39, 0.29) is 12.1 Å². The van der Waals surface area contributed by atoms with Gasteiger partial charge >= 0.3 is 6.03 Å². The molecule has 0 saturated heterocycles. The maximum Gasteiger partial charge on any atom is 0.319 e. The molecule has 1 aromatic carbocycles. The number of pyridine rings is 1. The molecule has 4 N–H and O–H groups in total. The highest BCUT2D eigenvalue weighted by Gasteiger charge is 2.15. The molecular formula is C17H19ClN4O. The van der Waals surface area contributed by atoms with E-state index in [4.69, 9.17) is 17.3 Å². The summed E-state index contributed by atoms with van der Waals surface area (Å²) in [6, 6.07) is 9.51. The fraction of sp³-hybridized carbons (Fsp3) is 0.294. The van der Waals surface area contributed by atoms with E-state index in [1.54, 1.807) is 18.3 Å². The van der Waals surface area contributed by atoms with E-state index in [1.807, 2.05) is 18.2 Å². The van der Waals surface area contributed by atoms with Gasteiger partial charge in [-0.25, -0.2) is 4.79 Å². The van der Waals surface area contributed by atoms with Crippen LogP contribution in [-0.2, 0) is 19.4 Å². The summed E-state index contributed by atoms with van der Waals surface area (Å²) < 4.78 is 0. The van der Waals surface area contributed by atoms with Crippen LogP contribution in [0.5, 0.6) is 0 Å². The number of carbonyl (C=O) groups excluding carboxylic acids is 1. The number of benzene rings is 1. The number of aromatic nitrogens is 1. The van der Waals surface area contributed by atoms with Crippen LogP contribution in [0.25, 0.3) is 0 Å². The van der Waals surface area contributed by atoms with E-state index >= 15 is 0 Å². The minimum atomic E-state index is -0.255. The predicted molar refractivity (Wildman–Crippen MR) is 91.5 cm³/mol. The second-order valence-electron chi connectivity index (χ2n) is 5.76. The number of nitrogens with one attached hydrogen (secondary N) is 2. The van der Waals surface area contributed by atoms with Gasteiger partial charge in [0.2, 0.25) is 0 Å². The molecule has 120 valence electrons. The molecule has 0 spiro atoms. The van der Waals surface area contributed by atoms with Gasteiger partial charge in [0, 0.05) is 17.9 Å². The fourth-order valence-corrected chi connectivity index (χ4v) is 2.83. The molecule has 1 aromatic heterocycles. The number of aryl methyl sites for hydroxylation is 1. The van der Waals surface area contributed by atoms with Crippen molar-refractivity contribution < 1.29 is 4.79 Å². The normalized spacial score (nSPS) is 16.5. The molecular weight excluding hydrogens is 312 g/mol. The summed E-state index contributed by atoms with van der Waals surface area (Å²) in [5.41, 5.74) is 10.1. The van der Waals surface area contributed by atoms with E-state index in [9.17, 15) is 4.79 Å². The molecule has 0 fully saturated rings. The first kappa shape index (κ1) is 15.8. The number of halogens is 1. The lowest BCUT2D eigenvalue weighted by Gasteiger charge is -2.22. The molecule has 5 nitrogen and oxygen atoms in total. The van der Waals surface area contributed by atoms with Gasteiger partial charge in [-0.1, -0.05) is 17.7 Å². The molecule has 0 radical (unpaired) electrons. The molecule has 2 aromatic rings. The van der Waals surface area contributed by atoms with Gasteiger partial charge in [-0.05, 0) is 54.7 Å². The van der Waals surface area contributed by atoms with Crippen molar-refractivity contribution >= 4 is 23.3 Å². The number of fused-ring (bicyclic) bond motifs is 1. The van der Waals surface area contributed by atoms with Crippen LogP contribution < -0.4 is 16.4 Å². The highest BCUT2D eigenvalue weighted by atomic mass is 35.5. The lowest BCUT2D eigenvalue weighted by molar-refractivity contribution is 0.251. The van der Waals surface area contributed by atoms with Crippen LogP contribution in [0, 0.1) is 0 Å². The Morgan fingerprint density at radius 3 is 2.96 bits per heavy atom. The van der Waals surface area contributed by atoms with Gasteiger partial charge in [0.1, 0.15) is 0 Å². The van der Waals surface area contributed by atoms with Gasteiger partial charge in [-0.15, -0.1) is 0 Å².